The molecule has 1 aromatic carbocycles. The van der Waals surface area contributed by atoms with Crippen molar-refractivity contribution in [2.45, 2.75) is 30.5 Å². The second-order valence-electron chi connectivity index (χ2n) is 5.25. The molecule has 0 saturated carbocycles. The first-order chi connectivity index (χ1) is 12.9. The second kappa shape index (κ2) is 8.25. The minimum absolute atomic E-state index is 0.229. The Hall–Kier alpha value is -2.23. The molecule has 0 aliphatic carbocycles. The molecule has 0 aliphatic rings. The van der Waals surface area contributed by atoms with Gasteiger partial charge < -0.3 is 14.6 Å². The van der Waals surface area contributed by atoms with Crippen molar-refractivity contribution < 1.29 is 62.6 Å². The zero-order valence-electron chi connectivity index (χ0n) is 14.0. The van der Waals surface area contributed by atoms with Crippen molar-refractivity contribution in [2.75, 3.05) is 0 Å². The van der Waals surface area contributed by atoms with Crippen LogP contribution in [-0.4, -0.2) is 45.2 Å². The van der Waals surface area contributed by atoms with Gasteiger partial charge in [0.15, 0.2) is 0 Å². The fraction of sp³-hybridized carbons (Fsp3) is 0.385. The van der Waals surface area contributed by atoms with Crippen LogP contribution in [0.15, 0.2) is 24.3 Å². The maximum absolute atomic E-state index is 12.6. The number of aromatic hydroxyl groups is 1. The predicted molar refractivity (Wildman–Crippen MR) is 82.5 cm³/mol. The molecule has 8 nitrogen and oxygen atoms in total. The normalized spacial score (nSPS) is 14.5. The van der Waals surface area contributed by atoms with Crippen LogP contribution in [-0.2, 0) is 24.4 Å². The monoisotopic (exact) mass is 473 g/mol. The molecule has 0 bridgehead atoms. The summed E-state index contributed by atoms with van der Waals surface area (Å²) >= 11 is 0. The molecular weight excluding hydrogens is 462 g/mol. The smallest absolute Gasteiger partial charge is 0.508 e. The first-order valence-corrected chi connectivity index (χ1v) is 10.0. The largest absolute Gasteiger partial charge is 0.514 e. The van der Waals surface area contributed by atoms with Crippen molar-refractivity contribution in [2.24, 2.45) is 0 Å². The highest BCUT2D eigenvalue weighted by atomic mass is 32.3. The molecule has 0 heterocycles. The number of phenols is 1. The number of alkyl halides is 6. The summed E-state index contributed by atoms with van der Waals surface area (Å²) in [6.45, 7) is 0.649. The van der Waals surface area contributed by atoms with E-state index in [2.05, 4.69) is 9.47 Å². The first kappa shape index (κ1) is 24.8. The number of sulfone groups is 2. The van der Waals surface area contributed by atoms with Gasteiger partial charge in [-0.1, -0.05) is 4.58 Å². The van der Waals surface area contributed by atoms with E-state index in [1.54, 1.807) is 0 Å². The van der Waals surface area contributed by atoms with Gasteiger partial charge in [0.1, 0.15) is 31.2 Å². The Labute approximate surface area is 159 Å². The van der Waals surface area contributed by atoms with Gasteiger partial charge in [-0.05, 0) is 31.2 Å². The van der Waals surface area contributed by atoms with Gasteiger partial charge in [-0.25, -0.2) is 4.79 Å². The SMILES string of the molecule is CC(C[C-](S(=O)(=O)C(F)(F)F)S(=O)(=O)C(F)(F)F)OC(=O)Oc1ccc(O)cc1. The van der Waals surface area contributed by atoms with Gasteiger partial charge in [0, 0.05) is 0 Å². The van der Waals surface area contributed by atoms with Gasteiger partial charge in [0.2, 0.25) is 0 Å². The van der Waals surface area contributed by atoms with E-state index in [0.717, 1.165) is 24.3 Å². The van der Waals surface area contributed by atoms with E-state index in [0.29, 0.717) is 6.92 Å². The number of carbonyl (C=O) groups is 1. The van der Waals surface area contributed by atoms with Crippen molar-refractivity contribution in [3.8, 4) is 11.5 Å². The van der Waals surface area contributed by atoms with Crippen molar-refractivity contribution >= 4 is 25.8 Å². The standard InChI is InChI=1S/C13H11F6O8S2/c1-7(26-11(21)27-9-4-2-8(20)3-5-9)6-10(28(22,23)12(14,15)16)29(24,25)13(17,18)19/h2-5,7,20H,6H2,1H3/q-1. The third-order valence-corrected chi connectivity index (χ3v) is 7.07. The average Bonchev–Trinajstić information content (AvgIpc) is 2.52. The van der Waals surface area contributed by atoms with E-state index >= 15 is 0 Å². The topological polar surface area (TPSA) is 124 Å². The van der Waals surface area contributed by atoms with Crippen molar-refractivity contribution in [1.82, 2.24) is 0 Å². The highest BCUT2D eigenvalue weighted by molar-refractivity contribution is 8.13. The van der Waals surface area contributed by atoms with Crippen LogP contribution >= 0.6 is 0 Å². The van der Waals surface area contributed by atoms with E-state index < -0.39 is 54.0 Å². The lowest BCUT2D eigenvalue weighted by Crippen LogP contribution is -2.41. The molecule has 0 amide bonds. The molecule has 0 aromatic heterocycles. The minimum Gasteiger partial charge on any atom is -0.508 e. The van der Waals surface area contributed by atoms with Crippen LogP contribution < -0.4 is 4.74 Å². The van der Waals surface area contributed by atoms with Crippen molar-refractivity contribution in [3.63, 3.8) is 0 Å². The molecule has 0 fully saturated rings. The van der Waals surface area contributed by atoms with Crippen LogP contribution in [0.25, 0.3) is 0 Å². The van der Waals surface area contributed by atoms with E-state index in [9.17, 15) is 48.0 Å². The third kappa shape index (κ3) is 5.88. The fourth-order valence-electron chi connectivity index (χ4n) is 1.70. The average molecular weight is 473 g/mol. The van der Waals surface area contributed by atoms with Crippen molar-refractivity contribution in [3.05, 3.63) is 28.8 Å². The lowest BCUT2D eigenvalue weighted by atomic mass is 10.3. The van der Waals surface area contributed by atoms with Crippen LogP contribution in [0.1, 0.15) is 13.3 Å². The zero-order valence-corrected chi connectivity index (χ0v) is 15.6. The molecule has 1 atom stereocenters. The lowest BCUT2D eigenvalue weighted by molar-refractivity contribution is -0.0458. The van der Waals surface area contributed by atoms with Crippen molar-refractivity contribution in [1.29, 1.82) is 0 Å². The summed E-state index contributed by atoms with van der Waals surface area (Å²) in [4.78, 5) is 11.5. The quantitative estimate of drug-likeness (QED) is 0.289. The molecule has 16 heteroatoms. The molecule has 0 aliphatic heterocycles. The fourth-order valence-corrected chi connectivity index (χ4v) is 4.84. The van der Waals surface area contributed by atoms with Crippen LogP contribution in [0.5, 0.6) is 11.5 Å². The van der Waals surface area contributed by atoms with Crippen LogP contribution in [0, 0.1) is 4.58 Å². The Balaban J connectivity index is 3.07. The third-order valence-electron chi connectivity index (χ3n) is 3.00. The molecule has 1 N–H and O–H groups in total. The second-order valence-corrected chi connectivity index (χ2v) is 9.43. The van der Waals surface area contributed by atoms with Gasteiger partial charge in [0.05, 0.1) is 6.10 Å². The Bertz CT molecular complexity index is 891. The molecule has 1 unspecified atom stereocenters. The Kier molecular flexibility index (Phi) is 7.06. The Morgan fingerprint density at radius 3 is 1.79 bits per heavy atom. The Morgan fingerprint density at radius 1 is 1.00 bits per heavy atom. The van der Waals surface area contributed by atoms with Gasteiger partial charge in [-0.15, -0.1) is 6.42 Å². The molecule has 29 heavy (non-hydrogen) atoms. The van der Waals surface area contributed by atoms with E-state index in [4.69, 9.17) is 5.11 Å². The molecular formula is C13H11F6O8S2-. The maximum atomic E-state index is 12.6. The van der Waals surface area contributed by atoms with Gasteiger partial charge in [-0.3, -0.25) is 16.8 Å². The summed E-state index contributed by atoms with van der Waals surface area (Å²) in [5.41, 5.74) is -12.7. The van der Waals surface area contributed by atoms with E-state index in [1.165, 1.54) is 0 Å². The summed E-state index contributed by atoms with van der Waals surface area (Å²) in [5.74, 6) is -0.483. The molecule has 0 spiro atoms. The van der Waals surface area contributed by atoms with Crippen LogP contribution in [0.3, 0.4) is 0 Å². The van der Waals surface area contributed by atoms with E-state index in [1.807, 2.05) is 0 Å². The number of rotatable bonds is 6. The number of halogens is 6. The van der Waals surface area contributed by atoms with Crippen LogP contribution in [0.2, 0.25) is 0 Å². The molecule has 0 radical (unpaired) electrons. The molecule has 1 rings (SSSR count). The summed E-state index contributed by atoms with van der Waals surface area (Å²) in [5, 5.41) is 9.05. The molecule has 0 saturated heterocycles. The first-order valence-electron chi connectivity index (χ1n) is 7.05. The Morgan fingerprint density at radius 2 is 1.41 bits per heavy atom. The number of hydrogen-bond donors (Lipinski definition) is 1. The number of phenolic OH excluding ortho intramolecular Hbond substituents is 1. The summed E-state index contributed by atoms with van der Waals surface area (Å²) < 4.78 is 127. The summed E-state index contributed by atoms with van der Waals surface area (Å²) in [6.07, 6.45) is -5.71. The van der Waals surface area contributed by atoms with Gasteiger partial charge in [-0.2, -0.15) is 26.3 Å². The van der Waals surface area contributed by atoms with Gasteiger partial charge >= 0.3 is 17.2 Å². The zero-order chi connectivity index (χ0) is 22.8. The minimum atomic E-state index is -6.93. The van der Waals surface area contributed by atoms with Gasteiger partial charge in [0.25, 0.3) is 0 Å². The highest BCUT2D eigenvalue weighted by Gasteiger charge is 2.54. The molecule has 1 aromatic rings. The summed E-state index contributed by atoms with van der Waals surface area (Å²) in [6, 6.07) is 4.20. The van der Waals surface area contributed by atoms with E-state index in [-0.39, 0.29) is 11.5 Å². The molecule has 166 valence electrons. The number of hydrogen-bond acceptors (Lipinski definition) is 8. The lowest BCUT2D eigenvalue weighted by Gasteiger charge is -2.33. The number of ether oxygens (including phenoxy) is 2. The highest BCUT2D eigenvalue weighted by Crippen LogP contribution is 2.43. The number of benzene rings is 1. The maximum Gasteiger partial charge on any atom is 0.514 e. The number of carbonyl (C=O) groups excluding carboxylic acids is 1. The summed E-state index contributed by atoms with van der Waals surface area (Å²) in [7, 11) is -13.9. The predicted octanol–water partition coefficient (Wildman–Crippen LogP) is 3.04. The van der Waals surface area contributed by atoms with Crippen LogP contribution in [0.4, 0.5) is 31.1 Å².